The van der Waals surface area contributed by atoms with Gasteiger partial charge < -0.3 is 20.7 Å². The van der Waals surface area contributed by atoms with Crippen LogP contribution in [0.15, 0.2) is 48.5 Å². The van der Waals surface area contributed by atoms with Crippen molar-refractivity contribution in [3.8, 4) is 5.75 Å². The van der Waals surface area contributed by atoms with Gasteiger partial charge in [0.25, 0.3) is 5.91 Å². The van der Waals surface area contributed by atoms with Gasteiger partial charge in [0.2, 0.25) is 11.8 Å². The molecule has 3 N–H and O–H groups in total. The van der Waals surface area contributed by atoms with Crippen molar-refractivity contribution in [3.63, 3.8) is 0 Å². The van der Waals surface area contributed by atoms with Crippen LogP contribution in [0.1, 0.15) is 28.8 Å². The maximum Gasteiger partial charge on any atom is 0.254 e. The first-order valence-corrected chi connectivity index (χ1v) is 8.68. The molecule has 3 rings (SSSR count). The minimum atomic E-state index is -0.762. The number of amides is 3. The molecule has 1 unspecified atom stereocenters. The van der Waals surface area contributed by atoms with E-state index in [1.165, 1.54) is 0 Å². The summed E-state index contributed by atoms with van der Waals surface area (Å²) < 4.78 is 5.25. The molecule has 0 radical (unpaired) electrons. The second kappa shape index (κ2) is 8.35. The zero-order chi connectivity index (χ0) is 19.2. The lowest BCUT2D eigenvalue weighted by Gasteiger charge is -2.14. The van der Waals surface area contributed by atoms with E-state index in [2.05, 4.69) is 16.0 Å². The average molecular weight is 367 g/mol. The van der Waals surface area contributed by atoms with E-state index in [-0.39, 0.29) is 30.6 Å². The van der Waals surface area contributed by atoms with Gasteiger partial charge in [-0.2, -0.15) is 0 Å². The maximum absolute atomic E-state index is 12.3. The number of nitrogens with one attached hydrogen (secondary N) is 3. The molecule has 1 aliphatic heterocycles. The maximum atomic E-state index is 12.3. The summed E-state index contributed by atoms with van der Waals surface area (Å²) in [6.45, 7) is 0.331. The number of hydrogen-bond acceptors (Lipinski definition) is 4. The van der Waals surface area contributed by atoms with Crippen molar-refractivity contribution in [2.75, 3.05) is 12.4 Å². The Labute approximate surface area is 157 Å². The zero-order valence-electron chi connectivity index (χ0n) is 15.0. The van der Waals surface area contributed by atoms with E-state index in [1.54, 1.807) is 31.4 Å². The predicted molar refractivity (Wildman–Crippen MR) is 100 cm³/mol. The van der Waals surface area contributed by atoms with Crippen molar-refractivity contribution >= 4 is 23.4 Å². The van der Waals surface area contributed by atoms with Crippen LogP contribution in [0.25, 0.3) is 0 Å². The van der Waals surface area contributed by atoms with Gasteiger partial charge in [0.15, 0.2) is 0 Å². The van der Waals surface area contributed by atoms with Crippen LogP contribution in [0.2, 0.25) is 0 Å². The standard InChI is InChI=1S/C20H21N3O4/c1-27-17-9-5-2-6-13(17)12-21-18(24)11-10-16-20(26)22-15-8-4-3-7-14(15)19(25)23-16/h2-9,16H,10-12H2,1H3,(H,21,24)(H,22,26)(H,23,25). The molecular weight excluding hydrogens is 346 g/mol. The highest BCUT2D eigenvalue weighted by molar-refractivity contribution is 6.09. The molecule has 1 aliphatic rings. The number of fused-ring (bicyclic) bond motifs is 1. The van der Waals surface area contributed by atoms with E-state index in [0.717, 1.165) is 5.56 Å². The number of rotatable bonds is 6. The summed E-state index contributed by atoms with van der Waals surface area (Å²) in [5, 5.41) is 8.22. The fourth-order valence-corrected chi connectivity index (χ4v) is 2.92. The molecule has 0 aliphatic carbocycles. The third-order valence-corrected chi connectivity index (χ3v) is 4.38. The van der Waals surface area contributed by atoms with E-state index in [1.807, 2.05) is 24.3 Å². The Morgan fingerprint density at radius 1 is 1.11 bits per heavy atom. The number of para-hydroxylation sites is 2. The van der Waals surface area contributed by atoms with E-state index in [0.29, 0.717) is 23.5 Å². The number of anilines is 1. The SMILES string of the molecule is COc1ccccc1CNC(=O)CCC1NC(=O)c2ccccc2NC1=O. The molecule has 2 aromatic carbocycles. The molecule has 3 amide bonds. The Bertz CT molecular complexity index is 866. The summed E-state index contributed by atoms with van der Waals surface area (Å²) in [5.74, 6) is -0.162. The van der Waals surface area contributed by atoms with E-state index in [4.69, 9.17) is 4.74 Å². The second-order valence-electron chi connectivity index (χ2n) is 6.19. The predicted octanol–water partition coefficient (Wildman–Crippen LogP) is 1.84. The van der Waals surface area contributed by atoms with Gasteiger partial charge in [-0.15, -0.1) is 0 Å². The average Bonchev–Trinajstić information content (AvgIpc) is 2.81. The van der Waals surface area contributed by atoms with Gasteiger partial charge in [-0.05, 0) is 24.6 Å². The van der Waals surface area contributed by atoms with Crippen molar-refractivity contribution in [2.24, 2.45) is 0 Å². The minimum absolute atomic E-state index is 0.115. The van der Waals surface area contributed by atoms with Crippen molar-refractivity contribution in [2.45, 2.75) is 25.4 Å². The Kier molecular flexibility index (Phi) is 5.71. The van der Waals surface area contributed by atoms with E-state index < -0.39 is 6.04 Å². The Balaban J connectivity index is 1.54. The van der Waals surface area contributed by atoms with Crippen LogP contribution in [0.4, 0.5) is 5.69 Å². The topological polar surface area (TPSA) is 96.5 Å². The molecule has 2 aromatic rings. The van der Waals surface area contributed by atoms with Gasteiger partial charge >= 0.3 is 0 Å². The van der Waals surface area contributed by atoms with Crippen molar-refractivity contribution in [3.05, 3.63) is 59.7 Å². The molecule has 0 aromatic heterocycles. The summed E-state index contributed by atoms with van der Waals surface area (Å²) in [6, 6.07) is 13.5. The number of methoxy groups -OCH3 is 1. The van der Waals surface area contributed by atoms with Gasteiger partial charge in [-0.1, -0.05) is 30.3 Å². The van der Waals surface area contributed by atoms with Gasteiger partial charge in [0.1, 0.15) is 11.8 Å². The van der Waals surface area contributed by atoms with Crippen molar-refractivity contribution in [1.29, 1.82) is 0 Å². The first-order valence-electron chi connectivity index (χ1n) is 8.68. The monoisotopic (exact) mass is 367 g/mol. The molecule has 7 nitrogen and oxygen atoms in total. The minimum Gasteiger partial charge on any atom is -0.496 e. The molecule has 27 heavy (non-hydrogen) atoms. The van der Waals surface area contributed by atoms with Gasteiger partial charge in [-0.25, -0.2) is 0 Å². The van der Waals surface area contributed by atoms with Gasteiger partial charge in [-0.3, -0.25) is 14.4 Å². The lowest BCUT2D eigenvalue weighted by atomic mass is 10.1. The first kappa shape index (κ1) is 18.4. The molecule has 140 valence electrons. The molecule has 1 heterocycles. The van der Waals surface area contributed by atoms with Crippen molar-refractivity contribution < 1.29 is 19.1 Å². The molecule has 0 fully saturated rings. The number of hydrogen-bond donors (Lipinski definition) is 3. The highest BCUT2D eigenvalue weighted by atomic mass is 16.5. The first-order chi connectivity index (χ1) is 13.1. The summed E-state index contributed by atoms with van der Waals surface area (Å²) in [6.07, 6.45) is 0.327. The molecule has 0 spiro atoms. The Morgan fingerprint density at radius 2 is 1.85 bits per heavy atom. The van der Waals surface area contributed by atoms with Crippen LogP contribution in [-0.4, -0.2) is 30.9 Å². The van der Waals surface area contributed by atoms with Crippen LogP contribution in [-0.2, 0) is 16.1 Å². The van der Waals surface area contributed by atoms with Crippen LogP contribution < -0.4 is 20.7 Å². The number of carbonyl (C=O) groups is 3. The molecule has 0 saturated carbocycles. The van der Waals surface area contributed by atoms with Gasteiger partial charge in [0.05, 0.1) is 18.4 Å². The lowest BCUT2D eigenvalue weighted by Crippen LogP contribution is -2.42. The van der Waals surface area contributed by atoms with Crippen LogP contribution in [0, 0.1) is 0 Å². The highest BCUT2D eigenvalue weighted by Crippen LogP contribution is 2.19. The fourth-order valence-electron chi connectivity index (χ4n) is 2.92. The normalized spacial score (nSPS) is 15.8. The van der Waals surface area contributed by atoms with Gasteiger partial charge in [0, 0.05) is 18.5 Å². The van der Waals surface area contributed by atoms with Crippen LogP contribution in [0.5, 0.6) is 5.75 Å². The Morgan fingerprint density at radius 3 is 2.67 bits per heavy atom. The van der Waals surface area contributed by atoms with E-state index in [9.17, 15) is 14.4 Å². The summed E-state index contributed by atoms with van der Waals surface area (Å²) in [5.41, 5.74) is 1.75. The molecule has 1 atom stereocenters. The quantitative estimate of drug-likeness (QED) is 0.726. The third-order valence-electron chi connectivity index (χ3n) is 4.38. The molecule has 0 saturated heterocycles. The highest BCUT2D eigenvalue weighted by Gasteiger charge is 2.27. The molecule has 7 heteroatoms. The summed E-state index contributed by atoms with van der Waals surface area (Å²) in [4.78, 5) is 36.7. The number of ether oxygens (including phenoxy) is 1. The third kappa shape index (κ3) is 4.44. The summed E-state index contributed by atoms with van der Waals surface area (Å²) in [7, 11) is 1.58. The lowest BCUT2D eigenvalue weighted by molar-refractivity contribution is -0.122. The van der Waals surface area contributed by atoms with Crippen LogP contribution in [0.3, 0.4) is 0 Å². The fraction of sp³-hybridized carbons (Fsp3) is 0.250. The summed E-state index contributed by atoms with van der Waals surface area (Å²) >= 11 is 0. The smallest absolute Gasteiger partial charge is 0.254 e. The number of carbonyl (C=O) groups excluding carboxylic acids is 3. The largest absolute Gasteiger partial charge is 0.496 e. The second-order valence-corrected chi connectivity index (χ2v) is 6.19. The van der Waals surface area contributed by atoms with E-state index >= 15 is 0 Å². The van der Waals surface area contributed by atoms with Crippen molar-refractivity contribution in [1.82, 2.24) is 10.6 Å². The molecule has 0 bridgehead atoms. The number of benzene rings is 2. The Hall–Kier alpha value is -3.35. The zero-order valence-corrected chi connectivity index (χ0v) is 15.0. The van der Waals surface area contributed by atoms with Crippen LogP contribution >= 0.6 is 0 Å². The molecular formula is C20H21N3O4.